The van der Waals surface area contributed by atoms with Crippen LogP contribution in [0.15, 0.2) is 46.9 Å². The fraction of sp³-hybridized carbons (Fsp3) is 0.278. The second-order valence-corrected chi connectivity index (χ2v) is 7.00. The van der Waals surface area contributed by atoms with Gasteiger partial charge in [-0.05, 0) is 42.8 Å². The van der Waals surface area contributed by atoms with Crippen molar-refractivity contribution in [3.63, 3.8) is 0 Å². The summed E-state index contributed by atoms with van der Waals surface area (Å²) >= 11 is 9.63. The molecule has 0 bridgehead atoms. The average molecular weight is 394 g/mol. The molecule has 1 fully saturated rings. The highest BCUT2D eigenvalue weighted by atomic mass is 79.9. The second kappa shape index (κ2) is 6.93. The summed E-state index contributed by atoms with van der Waals surface area (Å²) in [5.74, 6) is 0.0915. The van der Waals surface area contributed by atoms with Crippen LogP contribution in [0.3, 0.4) is 0 Å². The van der Waals surface area contributed by atoms with Crippen molar-refractivity contribution in [2.75, 3.05) is 31.1 Å². The van der Waals surface area contributed by atoms with Gasteiger partial charge in [-0.2, -0.15) is 0 Å². The molecule has 2 aromatic rings. The quantitative estimate of drug-likeness (QED) is 0.756. The van der Waals surface area contributed by atoms with E-state index in [4.69, 9.17) is 11.6 Å². The van der Waals surface area contributed by atoms with E-state index in [1.54, 1.807) is 0 Å². The topological polar surface area (TPSA) is 23.6 Å². The first kappa shape index (κ1) is 16.3. The lowest BCUT2D eigenvalue weighted by Gasteiger charge is -2.37. The number of halogens is 2. The molecular formula is C18H18BrClN2O. The summed E-state index contributed by atoms with van der Waals surface area (Å²) in [4.78, 5) is 16.8. The monoisotopic (exact) mass is 392 g/mol. The van der Waals surface area contributed by atoms with Gasteiger partial charge in [0.05, 0.1) is 0 Å². The highest BCUT2D eigenvalue weighted by Gasteiger charge is 2.23. The van der Waals surface area contributed by atoms with E-state index in [2.05, 4.69) is 26.9 Å². The SMILES string of the molecule is Cc1c(Cl)cccc1N1CCN(C(=O)c2cccc(Br)c2)CC1. The average Bonchev–Trinajstić information content (AvgIpc) is 2.57. The number of hydrogen-bond acceptors (Lipinski definition) is 2. The third-order valence-corrected chi connectivity index (χ3v) is 5.12. The van der Waals surface area contributed by atoms with E-state index < -0.39 is 0 Å². The van der Waals surface area contributed by atoms with Gasteiger partial charge < -0.3 is 9.80 Å². The lowest BCUT2D eigenvalue weighted by atomic mass is 10.1. The van der Waals surface area contributed by atoms with Gasteiger partial charge in [0.15, 0.2) is 0 Å². The molecule has 23 heavy (non-hydrogen) atoms. The summed E-state index contributed by atoms with van der Waals surface area (Å²) < 4.78 is 0.927. The first-order valence-corrected chi connectivity index (χ1v) is 8.78. The molecule has 0 radical (unpaired) electrons. The third-order valence-electron chi connectivity index (χ3n) is 4.22. The number of anilines is 1. The number of hydrogen-bond donors (Lipinski definition) is 0. The molecule has 3 rings (SSSR count). The molecule has 1 aliphatic rings. The van der Waals surface area contributed by atoms with Crippen LogP contribution in [-0.4, -0.2) is 37.0 Å². The molecule has 3 nitrogen and oxygen atoms in total. The minimum atomic E-state index is 0.0915. The van der Waals surface area contributed by atoms with Crippen molar-refractivity contribution >= 4 is 39.1 Å². The van der Waals surface area contributed by atoms with Gasteiger partial charge in [-0.1, -0.05) is 39.7 Å². The summed E-state index contributed by atoms with van der Waals surface area (Å²) in [6.07, 6.45) is 0. The summed E-state index contributed by atoms with van der Waals surface area (Å²) in [7, 11) is 0. The molecule has 0 atom stereocenters. The minimum Gasteiger partial charge on any atom is -0.368 e. The van der Waals surface area contributed by atoms with Gasteiger partial charge in [-0.25, -0.2) is 0 Å². The molecular weight excluding hydrogens is 376 g/mol. The molecule has 1 aliphatic heterocycles. The summed E-state index contributed by atoms with van der Waals surface area (Å²) in [5.41, 5.74) is 2.99. The van der Waals surface area contributed by atoms with Crippen LogP contribution < -0.4 is 4.90 Å². The Balaban J connectivity index is 1.69. The summed E-state index contributed by atoms with van der Waals surface area (Å²) in [6.45, 7) is 5.12. The third kappa shape index (κ3) is 3.54. The van der Waals surface area contributed by atoms with Gasteiger partial charge in [-0.3, -0.25) is 4.79 Å². The van der Waals surface area contributed by atoms with Gasteiger partial charge in [0.2, 0.25) is 0 Å². The Hall–Kier alpha value is -1.52. The van der Waals surface area contributed by atoms with Crippen LogP contribution in [0.1, 0.15) is 15.9 Å². The zero-order valence-electron chi connectivity index (χ0n) is 12.9. The largest absolute Gasteiger partial charge is 0.368 e. The van der Waals surface area contributed by atoms with Crippen molar-refractivity contribution in [1.29, 1.82) is 0 Å². The van der Waals surface area contributed by atoms with Crippen molar-refractivity contribution in [2.24, 2.45) is 0 Å². The fourth-order valence-corrected chi connectivity index (χ4v) is 3.46. The lowest BCUT2D eigenvalue weighted by molar-refractivity contribution is 0.0746. The molecule has 0 unspecified atom stereocenters. The Bertz CT molecular complexity index is 727. The standard InChI is InChI=1S/C18H18BrClN2O/c1-13-16(20)6-3-7-17(13)21-8-10-22(11-9-21)18(23)14-4-2-5-15(19)12-14/h2-7,12H,8-11H2,1H3. The van der Waals surface area contributed by atoms with E-state index in [1.165, 1.54) is 0 Å². The maximum atomic E-state index is 12.6. The van der Waals surface area contributed by atoms with Gasteiger partial charge in [0, 0.05) is 46.9 Å². The van der Waals surface area contributed by atoms with Crippen LogP contribution in [0.25, 0.3) is 0 Å². The maximum Gasteiger partial charge on any atom is 0.254 e. The Morgan fingerprint density at radius 2 is 1.78 bits per heavy atom. The van der Waals surface area contributed by atoms with E-state index in [1.807, 2.05) is 48.2 Å². The van der Waals surface area contributed by atoms with Crippen LogP contribution >= 0.6 is 27.5 Å². The van der Waals surface area contributed by atoms with Gasteiger partial charge in [0.25, 0.3) is 5.91 Å². The zero-order chi connectivity index (χ0) is 16.4. The summed E-state index contributed by atoms with van der Waals surface area (Å²) in [6, 6.07) is 13.5. The number of carbonyl (C=O) groups excluding carboxylic acids is 1. The van der Waals surface area contributed by atoms with E-state index >= 15 is 0 Å². The van der Waals surface area contributed by atoms with Crippen LogP contribution in [0.2, 0.25) is 5.02 Å². The van der Waals surface area contributed by atoms with Crippen molar-refractivity contribution < 1.29 is 4.79 Å². The van der Waals surface area contributed by atoms with E-state index in [-0.39, 0.29) is 5.91 Å². The van der Waals surface area contributed by atoms with E-state index in [0.717, 1.165) is 52.5 Å². The molecule has 0 aromatic heterocycles. The number of amides is 1. The molecule has 0 saturated carbocycles. The molecule has 1 saturated heterocycles. The highest BCUT2D eigenvalue weighted by Crippen LogP contribution is 2.27. The maximum absolute atomic E-state index is 12.6. The first-order valence-electron chi connectivity index (χ1n) is 7.61. The first-order chi connectivity index (χ1) is 11.1. The Morgan fingerprint density at radius 3 is 2.48 bits per heavy atom. The van der Waals surface area contributed by atoms with Crippen LogP contribution in [0.4, 0.5) is 5.69 Å². The van der Waals surface area contributed by atoms with Crippen molar-refractivity contribution in [3.8, 4) is 0 Å². The molecule has 120 valence electrons. The number of piperazine rings is 1. The molecule has 5 heteroatoms. The lowest BCUT2D eigenvalue weighted by Crippen LogP contribution is -2.49. The Labute approximate surface area is 150 Å². The Kier molecular flexibility index (Phi) is 4.93. The van der Waals surface area contributed by atoms with Gasteiger partial charge in [-0.15, -0.1) is 0 Å². The molecule has 1 amide bonds. The summed E-state index contributed by atoms with van der Waals surface area (Å²) in [5, 5.41) is 0.787. The Morgan fingerprint density at radius 1 is 1.09 bits per heavy atom. The number of carbonyl (C=O) groups is 1. The number of benzene rings is 2. The fourth-order valence-electron chi connectivity index (χ4n) is 2.89. The van der Waals surface area contributed by atoms with Gasteiger partial charge >= 0.3 is 0 Å². The smallest absolute Gasteiger partial charge is 0.254 e. The van der Waals surface area contributed by atoms with E-state index in [9.17, 15) is 4.79 Å². The molecule has 0 spiro atoms. The van der Waals surface area contributed by atoms with Crippen molar-refractivity contribution in [1.82, 2.24) is 4.90 Å². The molecule has 0 aliphatic carbocycles. The molecule has 1 heterocycles. The van der Waals surface area contributed by atoms with Crippen LogP contribution in [0.5, 0.6) is 0 Å². The molecule has 2 aromatic carbocycles. The highest BCUT2D eigenvalue weighted by molar-refractivity contribution is 9.10. The number of rotatable bonds is 2. The van der Waals surface area contributed by atoms with Crippen molar-refractivity contribution in [2.45, 2.75) is 6.92 Å². The predicted octanol–water partition coefficient (Wildman–Crippen LogP) is 4.37. The van der Waals surface area contributed by atoms with Crippen LogP contribution in [-0.2, 0) is 0 Å². The van der Waals surface area contributed by atoms with E-state index in [0.29, 0.717) is 0 Å². The van der Waals surface area contributed by atoms with Gasteiger partial charge in [0.1, 0.15) is 0 Å². The van der Waals surface area contributed by atoms with Crippen molar-refractivity contribution in [3.05, 3.63) is 63.1 Å². The van der Waals surface area contributed by atoms with Crippen LogP contribution in [0, 0.1) is 6.92 Å². The normalized spacial score (nSPS) is 14.9. The number of nitrogens with zero attached hydrogens (tertiary/aromatic N) is 2. The predicted molar refractivity (Wildman–Crippen MR) is 98.4 cm³/mol. The zero-order valence-corrected chi connectivity index (χ0v) is 15.3. The molecule has 0 N–H and O–H groups in total. The second-order valence-electron chi connectivity index (χ2n) is 5.67. The minimum absolute atomic E-state index is 0.0915.